The molecule has 21 heavy (non-hydrogen) atoms. The van der Waals surface area contributed by atoms with E-state index in [0.717, 1.165) is 0 Å². The molecule has 120 valence electrons. The van der Waals surface area contributed by atoms with Crippen molar-refractivity contribution in [3.8, 4) is 0 Å². The van der Waals surface area contributed by atoms with Gasteiger partial charge in [0.15, 0.2) is 17.1 Å². The fourth-order valence-electron chi connectivity index (χ4n) is 1.39. The minimum Gasteiger partial charge on any atom is -0.382 e. The van der Waals surface area contributed by atoms with Crippen LogP contribution in [0.15, 0.2) is 0 Å². The molecule has 0 aliphatic heterocycles. The molecule has 0 aliphatic carbocycles. The second kappa shape index (κ2) is 7.05. The molecule has 7 nitrogen and oxygen atoms in total. The first-order valence-corrected chi connectivity index (χ1v) is 6.29. The third-order valence-electron chi connectivity index (χ3n) is 2.68. The van der Waals surface area contributed by atoms with E-state index >= 15 is 0 Å². The summed E-state index contributed by atoms with van der Waals surface area (Å²) >= 11 is 5.59. The maximum Gasteiger partial charge on any atom is 0.415 e. The Hall–Kier alpha value is -1.39. The van der Waals surface area contributed by atoms with E-state index in [1.165, 1.54) is 11.9 Å². The summed E-state index contributed by atoms with van der Waals surface area (Å²) in [7, 11) is 3.11. The van der Waals surface area contributed by atoms with Crippen LogP contribution in [-0.4, -0.2) is 71.2 Å². The van der Waals surface area contributed by atoms with Gasteiger partial charge >= 0.3 is 6.18 Å². The Kier molecular flexibility index (Phi) is 5.93. The molecule has 1 heterocycles. The number of aliphatic hydroxyl groups is 1. The van der Waals surface area contributed by atoms with E-state index in [2.05, 4.69) is 15.2 Å². The van der Waals surface area contributed by atoms with Gasteiger partial charge in [-0.2, -0.15) is 18.2 Å². The lowest BCUT2D eigenvalue weighted by Crippen LogP contribution is -2.41. The summed E-state index contributed by atoms with van der Waals surface area (Å²) in [6.45, 7) is 0.0680. The highest BCUT2D eigenvalue weighted by Crippen LogP contribution is 2.20. The maximum absolute atomic E-state index is 12.2. The maximum atomic E-state index is 12.2. The van der Waals surface area contributed by atoms with Gasteiger partial charge in [0.2, 0.25) is 5.95 Å². The number of hydrogen-bond donors (Lipinski definition) is 2. The van der Waals surface area contributed by atoms with Crippen molar-refractivity contribution in [2.45, 2.75) is 12.3 Å². The van der Waals surface area contributed by atoms with Crippen molar-refractivity contribution in [3.63, 3.8) is 0 Å². The zero-order valence-electron chi connectivity index (χ0n) is 11.5. The second-order valence-corrected chi connectivity index (χ2v) is 4.89. The molecule has 0 aliphatic rings. The van der Waals surface area contributed by atoms with Crippen LogP contribution >= 0.6 is 11.6 Å². The summed E-state index contributed by atoms with van der Waals surface area (Å²) in [6.07, 6.45) is -7.01. The summed E-state index contributed by atoms with van der Waals surface area (Å²) < 4.78 is 36.6. The smallest absolute Gasteiger partial charge is 0.382 e. The van der Waals surface area contributed by atoms with Crippen molar-refractivity contribution in [1.82, 2.24) is 20.1 Å². The van der Waals surface area contributed by atoms with Crippen LogP contribution in [0.25, 0.3) is 0 Å². The summed E-state index contributed by atoms with van der Waals surface area (Å²) in [5, 5.41) is 16.3. The van der Waals surface area contributed by atoms with Gasteiger partial charge in [0.05, 0.1) is 0 Å². The topological polar surface area (TPSA) is 91.4 Å². The van der Waals surface area contributed by atoms with Gasteiger partial charge in [-0.05, 0) is 7.05 Å². The molecule has 1 aromatic rings. The normalized spacial score (nSPS) is 13.5. The lowest BCUT2D eigenvalue weighted by molar-refractivity contribution is -0.207. The van der Waals surface area contributed by atoms with Crippen LogP contribution in [0.2, 0.25) is 5.15 Å². The molecule has 0 spiro atoms. The summed E-state index contributed by atoms with van der Waals surface area (Å²) in [5.41, 5.74) is 5.49. The molecule has 0 aromatic carbocycles. The highest BCUT2D eigenvalue weighted by Gasteiger charge is 2.38. The standard InChI is InChI=1S/C10H16ClF3N6O/c1-19(5-6(21)10(12,13)14)3-4-20(2)9-16-8(15)7(11)17-18-9/h6,21H,3-5H2,1-2H3,(H2,15,16,18)/t6-/m0/s1. The second-order valence-electron chi connectivity index (χ2n) is 4.53. The Morgan fingerprint density at radius 2 is 1.90 bits per heavy atom. The molecule has 11 heteroatoms. The number of nitrogens with two attached hydrogens (primary N) is 1. The largest absolute Gasteiger partial charge is 0.415 e. The first kappa shape index (κ1) is 17.7. The van der Waals surface area contributed by atoms with Crippen LogP contribution in [0.4, 0.5) is 24.9 Å². The molecule has 1 aromatic heterocycles. The molecule has 0 unspecified atom stereocenters. The zero-order valence-corrected chi connectivity index (χ0v) is 12.2. The van der Waals surface area contributed by atoms with Gasteiger partial charge in [-0.25, -0.2) is 0 Å². The van der Waals surface area contributed by atoms with Crippen LogP contribution in [0.1, 0.15) is 0 Å². The van der Waals surface area contributed by atoms with Crippen molar-refractivity contribution in [1.29, 1.82) is 0 Å². The predicted octanol–water partition coefficient (Wildman–Crippen LogP) is 0.398. The third kappa shape index (κ3) is 5.48. The van der Waals surface area contributed by atoms with E-state index in [9.17, 15) is 13.2 Å². The molecule has 0 radical (unpaired) electrons. The van der Waals surface area contributed by atoms with Gasteiger partial charge < -0.3 is 20.6 Å². The number of nitrogens with zero attached hydrogens (tertiary/aromatic N) is 5. The molecule has 3 N–H and O–H groups in total. The minimum atomic E-state index is -4.63. The molecular formula is C10H16ClF3N6O. The van der Waals surface area contributed by atoms with Gasteiger partial charge in [-0.3, -0.25) is 0 Å². The van der Waals surface area contributed by atoms with E-state index in [1.807, 2.05) is 0 Å². The summed E-state index contributed by atoms with van der Waals surface area (Å²) in [6, 6.07) is 0. The van der Waals surface area contributed by atoms with Crippen LogP contribution < -0.4 is 10.6 Å². The van der Waals surface area contributed by atoms with Crippen molar-refractivity contribution in [2.24, 2.45) is 0 Å². The fraction of sp³-hybridized carbons (Fsp3) is 0.700. The number of aromatic nitrogens is 3. The van der Waals surface area contributed by atoms with Crippen LogP contribution in [0.5, 0.6) is 0 Å². The number of alkyl halides is 3. The van der Waals surface area contributed by atoms with E-state index in [0.29, 0.717) is 6.54 Å². The zero-order chi connectivity index (χ0) is 16.2. The van der Waals surface area contributed by atoms with E-state index in [1.54, 1.807) is 11.9 Å². The number of likely N-dealkylation sites (N-methyl/N-ethyl adjacent to an activating group) is 2. The lowest BCUT2D eigenvalue weighted by Gasteiger charge is -2.24. The average Bonchev–Trinajstić information content (AvgIpc) is 2.38. The Morgan fingerprint density at radius 3 is 2.43 bits per heavy atom. The number of hydrogen-bond acceptors (Lipinski definition) is 7. The Balaban J connectivity index is 2.48. The van der Waals surface area contributed by atoms with Crippen LogP contribution in [0.3, 0.4) is 0 Å². The average molecular weight is 329 g/mol. The number of nitrogen functional groups attached to an aromatic ring is 1. The lowest BCUT2D eigenvalue weighted by atomic mass is 10.3. The highest BCUT2D eigenvalue weighted by atomic mass is 35.5. The first-order valence-electron chi connectivity index (χ1n) is 5.91. The van der Waals surface area contributed by atoms with Gasteiger partial charge in [0.1, 0.15) is 0 Å². The molecule has 0 saturated carbocycles. The predicted molar refractivity (Wildman–Crippen MR) is 72.1 cm³/mol. The van der Waals surface area contributed by atoms with Crippen molar-refractivity contribution in [3.05, 3.63) is 5.15 Å². The Labute approximate surface area is 124 Å². The van der Waals surface area contributed by atoms with Crippen molar-refractivity contribution < 1.29 is 18.3 Å². The Bertz CT molecular complexity index is 475. The number of anilines is 2. The highest BCUT2D eigenvalue weighted by molar-refractivity contribution is 6.31. The number of rotatable bonds is 6. The number of aliphatic hydroxyl groups excluding tert-OH is 1. The Morgan fingerprint density at radius 1 is 1.29 bits per heavy atom. The molecule has 1 rings (SSSR count). The summed E-state index contributed by atoms with van der Waals surface area (Å²) in [5.74, 6) is 0.232. The van der Waals surface area contributed by atoms with E-state index in [4.69, 9.17) is 22.4 Å². The molecule has 0 fully saturated rings. The number of halogens is 4. The van der Waals surface area contributed by atoms with Gasteiger partial charge in [-0.1, -0.05) is 11.6 Å². The van der Waals surface area contributed by atoms with Gasteiger partial charge in [0, 0.05) is 26.7 Å². The minimum absolute atomic E-state index is 0.0161. The molecule has 0 amide bonds. The van der Waals surface area contributed by atoms with E-state index in [-0.39, 0.29) is 23.5 Å². The molecule has 0 saturated heterocycles. The molecule has 0 bridgehead atoms. The van der Waals surface area contributed by atoms with Gasteiger partial charge in [-0.15, -0.1) is 10.2 Å². The van der Waals surface area contributed by atoms with Crippen molar-refractivity contribution in [2.75, 3.05) is 44.4 Å². The fourth-order valence-corrected chi connectivity index (χ4v) is 1.47. The first-order chi connectivity index (χ1) is 9.61. The molecular weight excluding hydrogens is 313 g/mol. The van der Waals surface area contributed by atoms with Gasteiger partial charge in [0.25, 0.3) is 0 Å². The van der Waals surface area contributed by atoms with Crippen molar-refractivity contribution >= 4 is 23.4 Å². The van der Waals surface area contributed by atoms with Crippen LogP contribution in [-0.2, 0) is 0 Å². The van der Waals surface area contributed by atoms with Crippen LogP contribution in [0, 0.1) is 0 Å². The summed E-state index contributed by atoms with van der Waals surface area (Å²) in [4.78, 5) is 6.82. The van der Waals surface area contributed by atoms with E-state index < -0.39 is 18.8 Å². The molecule has 1 atom stereocenters. The SMILES string of the molecule is CN(CCN(C)c1nnc(Cl)c(N)n1)C[C@H](O)C(F)(F)F. The third-order valence-corrected chi connectivity index (χ3v) is 2.95. The monoisotopic (exact) mass is 328 g/mol. The quantitative estimate of drug-likeness (QED) is 0.781.